The minimum absolute atomic E-state index is 0.785. The first-order valence-electron chi connectivity index (χ1n) is 4.34. The van der Waals surface area contributed by atoms with E-state index in [2.05, 4.69) is 43.6 Å². The van der Waals surface area contributed by atoms with Crippen LogP contribution in [0.2, 0.25) is 0 Å². The molecule has 2 rings (SSSR count). The SMILES string of the molecule is Cc1cc(-n2cc(I)cn2)c(Br)cc1N. The summed E-state index contributed by atoms with van der Waals surface area (Å²) >= 11 is 5.72. The summed E-state index contributed by atoms with van der Waals surface area (Å²) in [4.78, 5) is 0. The minimum atomic E-state index is 0.785. The Morgan fingerprint density at radius 3 is 2.80 bits per heavy atom. The average molecular weight is 378 g/mol. The standard InChI is InChI=1S/C10H9BrIN3/c1-6-2-10(8(11)3-9(6)13)15-5-7(12)4-14-15/h2-5H,13H2,1H3. The molecule has 2 aromatic rings. The van der Waals surface area contributed by atoms with Crippen LogP contribution >= 0.6 is 38.5 Å². The predicted octanol–water partition coefficient (Wildman–Crippen LogP) is 3.13. The fourth-order valence-corrected chi connectivity index (χ4v) is 2.22. The van der Waals surface area contributed by atoms with E-state index in [1.807, 2.05) is 36.1 Å². The molecular weight excluding hydrogens is 369 g/mol. The first-order chi connectivity index (χ1) is 7.08. The van der Waals surface area contributed by atoms with Gasteiger partial charge < -0.3 is 5.73 Å². The summed E-state index contributed by atoms with van der Waals surface area (Å²) in [6, 6.07) is 3.92. The Kier molecular flexibility index (Phi) is 3.01. The zero-order chi connectivity index (χ0) is 11.0. The maximum Gasteiger partial charge on any atom is 0.0792 e. The summed E-state index contributed by atoms with van der Waals surface area (Å²) in [5, 5.41) is 4.26. The second-order valence-corrected chi connectivity index (χ2v) is 5.36. The Balaban J connectivity index is 2.58. The van der Waals surface area contributed by atoms with Gasteiger partial charge in [0.25, 0.3) is 0 Å². The van der Waals surface area contributed by atoms with Gasteiger partial charge in [-0.05, 0) is 63.1 Å². The monoisotopic (exact) mass is 377 g/mol. The van der Waals surface area contributed by atoms with Crippen LogP contribution in [0.15, 0.2) is 29.0 Å². The highest BCUT2D eigenvalue weighted by atomic mass is 127. The van der Waals surface area contributed by atoms with E-state index >= 15 is 0 Å². The number of anilines is 1. The maximum atomic E-state index is 5.81. The van der Waals surface area contributed by atoms with Gasteiger partial charge in [0.2, 0.25) is 0 Å². The Morgan fingerprint density at radius 1 is 1.47 bits per heavy atom. The molecule has 0 bridgehead atoms. The number of nitrogens with two attached hydrogens (primary N) is 1. The lowest BCUT2D eigenvalue weighted by Gasteiger charge is -2.08. The van der Waals surface area contributed by atoms with Gasteiger partial charge in [-0.2, -0.15) is 5.10 Å². The van der Waals surface area contributed by atoms with Crippen LogP contribution in [0.4, 0.5) is 5.69 Å². The zero-order valence-corrected chi connectivity index (χ0v) is 11.8. The lowest BCUT2D eigenvalue weighted by molar-refractivity contribution is 0.875. The molecule has 2 N–H and O–H groups in total. The largest absolute Gasteiger partial charge is 0.398 e. The highest BCUT2D eigenvalue weighted by Gasteiger charge is 2.06. The van der Waals surface area contributed by atoms with Gasteiger partial charge in [0.1, 0.15) is 0 Å². The van der Waals surface area contributed by atoms with E-state index < -0.39 is 0 Å². The second-order valence-electron chi connectivity index (χ2n) is 3.26. The van der Waals surface area contributed by atoms with Crippen LogP contribution in [0.5, 0.6) is 0 Å². The second kappa shape index (κ2) is 4.13. The van der Waals surface area contributed by atoms with E-state index in [9.17, 15) is 0 Å². The van der Waals surface area contributed by atoms with Crippen molar-refractivity contribution in [2.45, 2.75) is 6.92 Å². The van der Waals surface area contributed by atoms with Crippen molar-refractivity contribution in [1.29, 1.82) is 0 Å². The van der Waals surface area contributed by atoms with Gasteiger partial charge in [-0.1, -0.05) is 0 Å². The highest BCUT2D eigenvalue weighted by Crippen LogP contribution is 2.26. The molecule has 1 aromatic heterocycles. The van der Waals surface area contributed by atoms with E-state index in [1.165, 1.54) is 0 Å². The van der Waals surface area contributed by atoms with Crippen molar-refractivity contribution in [3.05, 3.63) is 38.1 Å². The number of hydrogen-bond acceptors (Lipinski definition) is 2. The molecule has 0 unspecified atom stereocenters. The van der Waals surface area contributed by atoms with Crippen LogP contribution in [0.1, 0.15) is 5.56 Å². The molecule has 78 valence electrons. The van der Waals surface area contributed by atoms with Crippen LogP contribution in [0.25, 0.3) is 5.69 Å². The van der Waals surface area contributed by atoms with Gasteiger partial charge in [0.15, 0.2) is 0 Å². The van der Waals surface area contributed by atoms with Crippen LogP contribution in [0, 0.1) is 10.5 Å². The van der Waals surface area contributed by atoms with E-state index in [0.717, 1.165) is 25.0 Å². The molecule has 0 atom stereocenters. The molecule has 3 nitrogen and oxygen atoms in total. The Hall–Kier alpha value is -0.560. The van der Waals surface area contributed by atoms with Gasteiger partial charge in [-0.3, -0.25) is 0 Å². The minimum Gasteiger partial charge on any atom is -0.398 e. The number of nitrogen functional groups attached to an aromatic ring is 1. The molecule has 0 radical (unpaired) electrons. The number of hydrogen-bond donors (Lipinski definition) is 1. The Morgan fingerprint density at radius 2 is 2.20 bits per heavy atom. The lowest BCUT2D eigenvalue weighted by atomic mass is 10.2. The summed E-state index contributed by atoms with van der Waals surface area (Å²) in [6.07, 6.45) is 3.79. The molecule has 0 aliphatic heterocycles. The first kappa shape index (κ1) is 10.9. The summed E-state index contributed by atoms with van der Waals surface area (Å²) < 4.78 is 3.89. The van der Waals surface area contributed by atoms with Crippen LogP contribution in [-0.4, -0.2) is 9.78 Å². The molecule has 0 saturated carbocycles. The maximum absolute atomic E-state index is 5.81. The Bertz CT molecular complexity index is 507. The van der Waals surface area contributed by atoms with Gasteiger partial charge in [-0.15, -0.1) is 0 Å². The molecule has 1 heterocycles. The number of benzene rings is 1. The Labute approximate surface area is 110 Å². The van der Waals surface area contributed by atoms with Gasteiger partial charge in [-0.25, -0.2) is 4.68 Å². The lowest BCUT2D eigenvalue weighted by Crippen LogP contribution is -1.98. The molecule has 5 heteroatoms. The molecule has 0 saturated heterocycles. The fraction of sp³-hybridized carbons (Fsp3) is 0.100. The van der Waals surface area contributed by atoms with E-state index in [4.69, 9.17) is 5.73 Å². The van der Waals surface area contributed by atoms with Crippen molar-refractivity contribution in [3.63, 3.8) is 0 Å². The van der Waals surface area contributed by atoms with Gasteiger partial charge in [0.05, 0.1) is 15.5 Å². The van der Waals surface area contributed by atoms with Crippen LogP contribution < -0.4 is 5.73 Å². The van der Waals surface area contributed by atoms with Crippen molar-refractivity contribution in [3.8, 4) is 5.69 Å². The molecule has 0 aliphatic carbocycles. The third-order valence-electron chi connectivity index (χ3n) is 2.13. The first-order valence-corrected chi connectivity index (χ1v) is 6.21. The fourth-order valence-electron chi connectivity index (χ4n) is 1.29. The summed E-state index contributed by atoms with van der Waals surface area (Å²) in [6.45, 7) is 1.99. The smallest absolute Gasteiger partial charge is 0.0792 e. The predicted molar refractivity (Wildman–Crippen MR) is 73.1 cm³/mol. The molecule has 0 spiro atoms. The normalized spacial score (nSPS) is 10.6. The number of rotatable bonds is 1. The number of nitrogens with zero attached hydrogens (tertiary/aromatic N) is 2. The van der Waals surface area contributed by atoms with Crippen LogP contribution in [0.3, 0.4) is 0 Å². The van der Waals surface area contributed by atoms with Crippen molar-refractivity contribution in [2.75, 3.05) is 5.73 Å². The zero-order valence-electron chi connectivity index (χ0n) is 8.04. The molecule has 0 aliphatic rings. The van der Waals surface area contributed by atoms with Crippen LogP contribution in [-0.2, 0) is 0 Å². The van der Waals surface area contributed by atoms with E-state index in [1.54, 1.807) is 0 Å². The topological polar surface area (TPSA) is 43.8 Å². The summed E-state index contributed by atoms with van der Waals surface area (Å²) in [5.41, 5.74) is 8.66. The molecule has 15 heavy (non-hydrogen) atoms. The third-order valence-corrected chi connectivity index (χ3v) is 3.33. The number of halogens is 2. The van der Waals surface area contributed by atoms with E-state index in [0.29, 0.717) is 0 Å². The summed E-state index contributed by atoms with van der Waals surface area (Å²) in [7, 11) is 0. The molecule has 1 aromatic carbocycles. The summed E-state index contributed by atoms with van der Waals surface area (Å²) in [5.74, 6) is 0. The molecular formula is C10H9BrIN3. The van der Waals surface area contributed by atoms with Gasteiger partial charge >= 0.3 is 0 Å². The number of aromatic nitrogens is 2. The van der Waals surface area contributed by atoms with Crippen molar-refractivity contribution < 1.29 is 0 Å². The molecule has 0 amide bonds. The number of aryl methyl sites for hydroxylation is 1. The van der Waals surface area contributed by atoms with E-state index in [-0.39, 0.29) is 0 Å². The third kappa shape index (κ3) is 2.17. The van der Waals surface area contributed by atoms with Crippen molar-refractivity contribution in [1.82, 2.24) is 9.78 Å². The highest BCUT2D eigenvalue weighted by molar-refractivity contribution is 14.1. The van der Waals surface area contributed by atoms with Gasteiger partial charge in [0, 0.05) is 16.4 Å². The average Bonchev–Trinajstić information content (AvgIpc) is 2.58. The van der Waals surface area contributed by atoms with Crippen molar-refractivity contribution in [2.24, 2.45) is 0 Å². The molecule has 0 fully saturated rings. The quantitative estimate of drug-likeness (QED) is 0.612. The van der Waals surface area contributed by atoms with Crippen molar-refractivity contribution >= 4 is 44.2 Å².